The summed E-state index contributed by atoms with van der Waals surface area (Å²) in [7, 11) is 0. The van der Waals surface area contributed by atoms with E-state index in [2.05, 4.69) is 20.8 Å². The van der Waals surface area contributed by atoms with E-state index in [1.165, 1.54) is 23.2 Å². The van der Waals surface area contributed by atoms with Gasteiger partial charge in [-0.15, -0.1) is 23.1 Å². The van der Waals surface area contributed by atoms with Gasteiger partial charge in [-0.3, -0.25) is 19.3 Å². The van der Waals surface area contributed by atoms with Gasteiger partial charge >= 0.3 is 5.97 Å². The topological polar surface area (TPSA) is 150 Å². The van der Waals surface area contributed by atoms with Crippen LogP contribution >= 0.6 is 23.1 Å². The lowest BCUT2D eigenvalue weighted by Gasteiger charge is -2.49. The Kier molecular flexibility index (Phi) is 6.41. The molecule has 0 bridgehead atoms. The first-order valence-electron chi connectivity index (χ1n) is 8.87. The number of β-lactam (4-membered cyclic amide) rings is 1. The number of fused-ring (bicyclic) bond motifs is 1. The zero-order chi connectivity index (χ0) is 22.0. The smallest absolute Gasteiger partial charge is 0.352 e. The molecule has 2 aliphatic rings. The highest BCUT2D eigenvalue weighted by Crippen LogP contribution is 2.40. The van der Waals surface area contributed by atoms with Crippen molar-refractivity contribution in [2.45, 2.75) is 43.5 Å². The highest BCUT2D eigenvalue weighted by Gasteiger charge is 2.54. The van der Waals surface area contributed by atoms with Crippen molar-refractivity contribution in [3.63, 3.8) is 0 Å². The Morgan fingerprint density at radius 1 is 1.43 bits per heavy atom. The molecule has 1 aromatic heterocycles. The Morgan fingerprint density at radius 2 is 2.17 bits per heavy atom. The van der Waals surface area contributed by atoms with Crippen molar-refractivity contribution in [3.8, 4) is 0 Å². The van der Waals surface area contributed by atoms with Crippen LogP contribution in [0.1, 0.15) is 26.5 Å². The van der Waals surface area contributed by atoms with Crippen LogP contribution in [0.4, 0.5) is 5.13 Å². The van der Waals surface area contributed by atoms with E-state index in [0.29, 0.717) is 6.41 Å². The zero-order valence-electron chi connectivity index (χ0n) is 16.2. The van der Waals surface area contributed by atoms with Crippen LogP contribution in [0.2, 0.25) is 0 Å². The fourth-order valence-corrected chi connectivity index (χ4v) is 4.78. The number of hydrogen-bond acceptors (Lipinski definition) is 9. The van der Waals surface area contributed by atoms with Gasteiger partial charge in [-0.1, -0.05) is 5.16 Å². The van der Waals surface area contributed by atoms with Crippen LogP contribution < -0.4 is 10.6 Å². The number of aliphatic carboxylic acids is 1. The third kappa shape index (κ3) is 4.31. The van der Waals surface area contributed by atoms with Crippen molar-refractivity contribution in [3.05, 3.63) is 22.8 Å². The molecule has 0 radical (unpaired) electrons. The van der Waals surface area contributed by atoms with E-state index < -0.39 is 29.2 Å². The second-order valence-electron chi connectivity index (χ2n) is 6.64. The highest BCUT2D eigenvalue weighted by atomic mass is 32.2. The Morgan fingerprint density at radius 3 is 2.80 bits per heavy atom. The number of nitrogens with zero attached hydrogens (tertiary/aromatic N) is 3. The van der Waals surface area contributed by atoms with E-state index in [0.717, 1.165) is 16.2 Å². The SMILES string of the molecule is CC(C)O/N=C(/C(=O)NC1C(=O)N2C(C(=O)O)=CC(C)SC12)c1csc(NC=O)n1. The van der Waals surface area contributed by atoms with Gasteiger partial charge in [0.15, 0.2) is 10.8 Å². The number of carboxylic acids is 1. The summed E-state index contributed by atoms with van der Waals surface area (Å²) in [5.74, 6) is -2.42. The minimum absolute atomic E-state index is 0.0946. The molecule has 11 nitrogen and oxygen atoms in total. The van der Waals surface area contributed by atoms with Gasteiger partial charge in [-0.05, 0) is 26.8 Å². The monoisotopic (exact) mass is 453 g/mol. The zero-order valence-corrected chi connectivity index (χ0v) is 17.8. The van der Waals surface area contributed by atoms with Gasteiger partial charge in [0.25, 0.3) is 11.8 Å². The van der Waals surface area contributed by atoms with Crippen LogP contribution in [0.25, 0.3) is 0 Å². The van der Waals surface area contributed by atoms with Gasteiger partial charge in [-0.25, -0.2) is 9.78 Å². The highest BCUT2D eigenvalue weighted by molar-refractivity contribution is 8.00. The summed E-state index contributed by atoms with van der Waals surface area (Å²) >= 11 is 2.46. The number of amides is 3. The van der Waals surface area contributed by atoms with E-state index in [1.807, 2.05) is 6.92 Å². The third-order valence-corrected chi connectivity index (χ3v) is 6.15. The molecule has 160 valence electrons. The molecule has 3 rings (SSSR count). The standard InChI is InChI=1S/C17H19N5O6S2/c1-7(2)28-21-11(9-5-29-17(19-9)18-6-23)13(24)20-12-14(25)22-10(16(26)27)4-8(3)30-15(12)22/h4-8,12,15H,1-3H3,(H,20,24)(H,26,27)(H,18,19,23)/b21-11+. The normalized spacial score (nSPS) is 23.3. The number of hydrogen-bond donors (Lipinski definition) is 3. The Hall–Kier alpha value is -2.93. The number of thioether (sulfide) groups is 1. The number of oxime groups is 1. The summed E-state index contributed by atoms with van der Waals surface area (Å²) < 4.78 is 0. The van der Waals surface area contributed by atoms with Crippen molar-refractivity contribution in [1.82, 2.24) is 15.2 Å². The summed E-state index contributed by atoms with van der Waals surface area (Å²) in [6.45, 7) is 5.27. The van der Waals surface area contributed by atoms with Gasteiger partial charge in [-0.2, -0.15) is 0 Å². The average Bonchev–Trinajstić information content (AvgIpc) is 3.13. The molecule has 0 saturated carbocycles. The van der Waals surface area contributed by atoms with E-state index in [-0.39, 0.29) is 33.6 Å². The summed E-state index contributed by atoms with van der Waals surface area (Å²) in [5.41, 5.74) is -0.0854. The lowest BCUT2D eigenvalue weighted by atomic mass is 10.0. The minimum atomic E-state index is -1.20. The molecule has 0 aliphatic carbocycles. The predicted molar refractivity (Wildman–Crippen MR) is 110 cm³/mol. The Labute approximate surface area is 179 Å². The quantitative estimate of drug-likeness (QED) is 0.224. The Bertz CT molecular complexity index is 943. The average molecular weight is 454 g/mol. The largest absolute Gasteiger partial charge is 0.477 e. The number of carbonyl (C=O) groups is 4. The number of aromatic nitrogens is 1. The molecular formula is C17H19N5O6S2. The first-order valence-corrected chi connectivity index (χ1v) is 10.7. The maximum Gasteiger partial charge on any atom is 0.352 e. The fourth-order valence-electron chi connectivity index (χ4n) is 2.80. The first-order chi connectivity index (χ1) is 14.2. The number of carbonyl (C=O) groups excluding carboxylic acids is 3. The number of nitrogens with one attached hydrogen (secondary N) is 2. The molecule has 3 unspecified atom stereocenters. The van der Waals surface area contributed by atoms with Gasteiger partial charge in [0, 0.05) is 10.6 Å². The molecule has 3 heterocycles. The summed E-state index contributed by atoms with van der Waals surface area (Å²) in [5, 5.41) is 19.3. The van der Waals surface area contributed by atoms with Crippen molar-refractivity contribution >= 4 is 58.1 Å². The van der Waals surface area contributed by atoms with E-state index in [4.69, 9.17) is 4.84 Å². The number of thiazole rings is 1. The third-order valence-electron chi connectivity index (χ3n) is 4.05. The van der Waals surface area contributed by atoms with Gasteiger partial charge in [0.1, 0.15) is 28.9 Å². The number of anilines is 1. The minimum Gasteiger partial charge on any atom is -0.477 e. The van der Waals surface area contributed by atoms with Crippen molar-refractivity contribution < 1.29 is 29.1 Å². The van der Waals surface area contributed by atoms with Crippen LogP contribution in [0.3, 0.4) is 0 Å². The lowest BCUT2D eigenvalue weighted by molar-refractivity contribution is -0.150. The van der Waals surface area contributed by atoms with Gasteiger partial charge in [0.05, 0.1) is 0 Å². The molecule has 3 N–H and O–H groups in total. The van der Waals surface area contributed by atoms with Crippen LogP contribution in [0, 0.1) is 0 Å². The molecule has 13 heteroatoms. The molecule has 1 fully saturated rings. The molecule has 1 saturated heterocycles. The van der Waals surface area contributed by atoms with E-state index >= 15 is 0 Å². The number of rotatable bonds is 8. The second kappa shape index (κ2) is 8.83. The summed E-state index contributed by atoms with van der Waals surface area (Å²) in [6.07, 6.45) is 1.65. The fraction of sp³-hybridized carbons (Fsp3) is 0.412. The lowest BCUT2D eigenvalue weighted by Crippen LogP contribution is -2.71. The first kappa shape index (κ1) is 21.8. The van der Waals surface area contributed by atoms with Crippen molar-refractivity contribution in [2.24, 2.45) is 5.16 Å². The molecule has 0 aromatic carbocycles. The molecule has 1 aromatic rings. The van der Waals surface area contributed by atoms with Gasteiger partial charge < -0.3 is 20.6 Å². The molecule has 2 aliphatic heterocycles. The van der Waals surface area contributed by atoms with Crippen molar-refractivity contribution in [2.75, 3.05) is 5.32 Å². The van der Waals surface area contributed by atoms with Crippen molar-refractivity contribution in [1.29, 1.82) is 0 Å². The van der Waals surface area contributed by atoms with Crippen LogP contribution in [-0.2, 0) is 24.0 Å². The Balaban J connectivity index is 1.80. The van der Waals surface area contributed by atoms with Gasteiger partial charge in [0.2, 0.25) is 6.41 Å². The van der Waals surface area contributed by atoms with Crippen LogP contribution in [0.15, 0.2) is 22.3 Å². The second-order valence-corrected chi connectivity index (χ2v) is 9.00. The van der Waals surface area contributed by atoms with E-state index in [1.54, 1.807) is 13.8 Å². The van der Waals surface area contributed by atoms with Crippen LogP contribution in [-0.4, -0.2) is 67.7 Å². The molecule has 30 heavy (non-hydrogen) atoms. The summed E-state index contributed by atoms with van der Waals surface area (Å²) in [6, 6.07) is -0.913. The van der Waals surface area contributed by atoms with E-state index in [9.17, 15) is 24.3 Å². The maximum absolute atomic E-state index is 12.9. The molecule has 3 amide bonds. The van der Waals surface area contributed by atoms with Crippen LogP contribution in [0.5, 0.6) is 0 Å². The predicted octanol–water partition coefficient (Wildman–Crippen LogP) is 0.597. The molecule has 3 atom stereocenters. The molecule has 0 spiro atoms. The maximum atomic E-state index is 12.9. The molecular weight excluding hydrogens is 434 g/mol. The number of carboxylic acid groups (broad SMARTS) is 1. The summed E-state index contributed by atoms with van der Waals surface area (Å²) in [4.78, 5) is 57.9.